The fourth-order valence-electron chi connectivity index (χ4n) is 3.50. The van der Waals surface area contributed by atoms with Gasteiger partial charge in [-0.15, -0.1) is 71.2 Å². The maximum absolute atomic E-state index is 5.89. The molecule has 0 saturated heterocycles. The number of hydrazone groups is 2. The van der Waals surface area contributed by atoms with E-state index < -0.39 is 0 Å². The van der Waals surface area contributed by atoms with E-state index in [1.165, 1.54) is 0 Å². The Balaban J connectivity index is 0.00000400. The van der Waals surface area contributed by atoms with E-state index in [9.17, 15) is 0 Å². The molecule has 0 spiro atoms. The number of benzene rings is 2. The number of hydrogen-bond donors (Lipinski definition) is 2. The molecule has 0 radical (unpaired) electrons. The maximum Gasteiger partial charge on any atom is 0.245 e. The van der Waals surface area contributed by atoms with Crippen LogP contribution in [0.4, 0.5) is 23.1 Å². The van der Waals surface area contributed by atoms with Crippen LogP contribution < -0.4 is 20.7 Å². The van der Waals surface area contributed by atoms with Crippen LogP contribution in [-0.4, -0.2) is 72.1 Å². The topological polar surface area (TPSA) is 81.0 Å². The second-order valence-electron chi connectivity index (χ2n) is 7.92. The van der Waals surface area contributed by atoms with E-state index in [1.54, 1.807) is 24.7 Å². The summed E-state index contributed by atoms with van der Waals surface area (Å²) in [6.45, 7) is 2.97. The molecule has 0 aliphatic rings. The minimum Gasteiger partial charge on any atom is -0.369 e. The molecule has 0 bridgehead atoms. The van der Waals surface area contributed by atoms with E-state index in [0.717, 1.165) is 48.7 Å². The molecule has 1 heterocycles. The Morgan fingerprint density at radius 3 is 1.48 bits per heavy atom. The lowest BCUT2D eigenvalue weighted by molar-refractivity contribution is 0.874. The van der Waals surface area contributed by atoms with Crippen molar-refractivity contribution >= 4 is 107 Å². The summed E-state index contributed by atoms with van der Waals surface area (Å²) in [4.78, 5) is 12.8. The zero-order valence-corrected chi connectivity index (χ0v) is 26.3. The highest BCUT2D eigenvalue weighted by Gasteiger charge is 2.06. The molecule has 3 aromatic rings. The number of hydrogen-bond acceptors (Lipinski definition) is 8. The number of alkyl halides is 4. The van der Waals surface area contributed by atoms with Crippen LogP contribution in [0.3, 0.4) is 0 Å². The Morgan fingerprint density at radius 2 is 1.05 bits per heavy atom. The van der Waals surface area contributed by atoms with Crippen molar-refractivity contribution in [2.45, 2.75) is 0 Å². The zero-order valence-electron chi connectivity index (χ0n) is 21.6. The number of nitrogens with zero attached hydrogens (tertiary/aromatic N) is 6. The molecule has 0 unspecified atom stereocenters. The first-order valence-corrected chi connectivity index (χ1v) is 14.2. The summed E-state index contributed by atoms with van der Waals surface area (Å²) in [5, 5.41) is 8.50. The summed E-state index contributed by atoms with van der Waals surface area (Å²) in [5.74, 6) is 3.05. The predicted octanol–water partition coefficient (Wildman–Crippen LogP) is 6.78. The molecule has 0 fully saturated rings. The van der Waals surface area contributed by atoms with Crippen LogP contribution in [0.15, 0.2) is 71.0 Å². The number of rotatable bonds is 16. The highest BCUT2D eigenvalue weighted by Crippen LogP contribution is 2.16. The van der Waals surface area contributed by atoms with Crippen molar-refractivity contribution in [1.82, 2.24) is 9.97 Å². The SMILES string of the molecule is Cl.Cl.ClCCN(CCCl)c1ccc(C=NNc2ccnc(NN=Cc3ccc(N(CCCl)CCCl)cc3)n2)cc1. The van der Waals surface area contributed by atoms with E-state index >= 15 is 0 Å². The van der Waals surface area contributed by atoms with Gasteiger partial charge in [-0.25, -0.2) is 10.4 Å². The smallest absolute Gasteiger partial charge is 0.245 e. The number of aromatic nitrogens is 2. The van der Waals surface area contributed by atoms with Crippen LogP contribution in [-0.2, 0) is 0 Å². The predicted molar refractivity (Wildman–Crippen MR) is 179 cm³/mol. The average molecular weight is 669 g/mol. The molecule has 3 rings (SSSR count). The van der Waals surface area contributed by atoms with E-state index in [0.29, 0.717) is 35.3 Å². The molecule has 14 heteroatoms. The van der Waals surface area contributed by atoms with E-state index in [1.807, 2.05) is 48.5 Å². The number of halogens is 6. The zero-order chi connectivity index (χ0) is 27.0. The van der Waals surface area contributed by atoms with Crippen LogP contribution in [0.1, 0.15) is 11.1 Å². The van der Waals surface area contributed by atoms with Crippen molar-refractivity contribution in [2.24, 2.45) is 10.2 Å². The van der Waals surface area contributed by atoms with E-state index in [-0.39, 0.29) is 24.8 Å². The average Bonchev–Trinajstić information content (AvgIpc) is 2.94. The molecule has 218 valence electrons. The second-order valence-corrected chi connectivity index (χ2v) is 9.43. The highest BCUT2D eigenvalue weighted by molar-refractivity contribution is 6.19. The van der Waals surface area contributed by atoms with Crippen molar-refractivity contribution < 1.29 is 0 Å². The van der Waals surface area contributed by atoms with Gasteiger partial charge >= 0.3 is 0 Å². The molecule has 1 aromatic heterocycles. The Bertz CT molecular complexity index is 1050. The quantitative estimate of drug-likeness (QED) is 0.0995. The largest absolute Gasteiger partial charge is 0.369 e. The van der Waals surface area contributed by atoms with Gasteiger partial charge in [-0.1, -0.05) is 24.3 Å². The van der Waals surface area contributed by atoms with Gasteiger partial charge in [0.05, 0.1) is 12.4 Å². The highest BCUT2D eigenvalue weighted by atomic mass is 35.5. The Labute approximate surface area is 268 Å². The van der Waals surface area contributed by atoms with Crippen LogP contribution in [0.25, 0.3) is 0 Å². The second kappa shape index (κ2) is 20.6. The van der Waals surface area contributed by atoms with Crippen LogP contribution in [0, 0.1) is 0 Å². The third kappa shape index (κ3) is 12.1. The lowest BCUT2D eigenvalue weighted by atomic mass is 10.2. The maximum atomic E-state index is 5.89. The first-order valence-electron chi connectivity index (χ1n) is 12.0. The van der Waals surface area contributed by atoms with Gasteiger partial charge in [-0.3, -0.25) is 5.43 Å². The third-order valence-corrected chi connectivity index (χ3v) is 6.04. The fourth-order valence-corrected chi connectivity index (χ4v) is 4.32. The Morgan fingerprint density at radius 1 is 0.625 bits per heavy atom. The molecular weight excluding hydrogens is 637 g/mol. The van der Waals surface area contributed by atoms with Crippen molar-refractivity contribution in [2.75, 3.05) is 70.4 Å². The van der Waals surface area contributed by atoms with Gasteiger partial charge < -0.3 is 9.80 Å². The Kier molecular flexibility index (Phi) is 18.5. The Hall–Kier alpha value is -2.20. The third-order valence-electron chi connectivity index (χ3n) is 5.36. The molecule has 2 aromatic carbocycles. The van der Waals surface area contributed by atoms with E-state index in [2.05, 4.69) is 40.8 Å². The molecule has 0 saturated carbocycles. The minimum absolute atomic E-state index is 0. The molecular formula is C26H32Cl6N8. The molecule has 0 aliphatic carbocycles. The lowest BCUT2D eigenvalue weighted by Crippen LogP contribution is -2.27. The van der Waals surface area contributed by atoms with Crippen molar-refractivity contribution in [3.05, 3.63) is 71.9 Å². The lowest BCUT2D eigenvalue weighted by Gasteiger charge is -2.22. The van der Waals surface area contributed by atoms with Gasteiger partial charge in [0, 0.05) is 73.3 Å². The standard InChI is InChI=1S/C26H30Cl4N8.2ClH/c27-10-15-37(16-11-28)23-5-1-21(2-6-23)19-32-35-25-9-14-31-26(34-25)36-33-20-22-3-7-24(8-4-22)38(17-12-29)18-13-30;;/h1-9,14,19-20H,10-13,15-18H2,(H2,31,34,35,36);2*1H. The van der Waals surface area contributed by atoms with Crippen LogP contribution in [0.5, 0.6) is 0 Å². The summed E-state index contributed by atoms with van der Waals surface area (Å²) < 4.78 is 0. The molecule has 0 aliphatic heterocycles. The molecule has 2 N–H and O–H groups in total. The summed E-state index contributed by atoms with van der Waals surface area (Å²) in [7, 11) is 0. The van der Waals surface area contributed by atoms with Crippen LogP contribution in [0.2, 0.25) is 0 Å². The van der Waals surface area contributed by atoms with Crippen molar-refractivity contribution in [3.8, 4) is 0 Å². The minimum atomic E-state index is 0. The number of anilines is 4. The first-order chi connectivity index (χ1) is 18.7. The fraction of sp³-hybridized carbons (Fsp3) is 0.308. The van der Waals surface area contributed by atoms with Crippen molar-refractivity contribution in [1.29, 1.82) is 0 Å². The van der Waals surface area contributed by atoms with Crippen molar-refractivity contribution in [3.63, 3.8) is 0 Å². The number of nitrogens with one attached hydrogen (secondary N) is 2. The molecule has 40 heavy (non-hydrogen) atoms. The van der Waals surface area contributed by atoms with E-state index in [4.69, 9.17) is 46.4 Å². The first kappa shape index (κ1) is 35.8. The van der Waals surface area contributed by atoms with Gasteiger partial charge in [-0.05, 0) is 35.4 Å². The summed E-state index contributed by atoms with van der Waals surface area (Å²) in [6.07, 6.45) is 5.04. The van der Waals surface area contributed by atoms with Crippen LogP contribution >= 0.6 is 71.2 Å². The van der Waals surface area contributed by atoms with Gasteiger partial charge in [0.15, 0.2) is 5.82 Å². The summed E-state index contributed by atoms with van der Waals surface area (Å²) in [5.41, 5.74) is 9.76. The summed E-state index contributed by atoms with van der Waals surface area (Å²) >= 11 is 23.6. The summed E-state index contributed by atoms with van der Waals surface area (Å²) in [6, 6.07) is 17.7. The molecule has 0 amide bonds. The van der Waals surface area contributed by atoms with Gasteiger partial charge in [0.25, 0.3) is 0 Å². The van der Waals surface area contributed by atoms with Gasteiger partial charge in [0.2, 0.25) is 5.95 Å². The molecule has 8 nitrogen and oxygen atoms in total. The van der Waals surface area contributed by atoms with Gasteiger partial charge in [0.1, 0.15) is 0 Å². The molecule has 0 atom stereocenters. The monoisotopic (exact) mass is 666 g/mol. The normalized spacial score (nSPS) is 10.7. The van der Waals surface area contributed by atoms with Gasteiger partial charge in [-0.2, -0.15) is 15.2 Å².